The van der Waals surface area contributed by atoms with Crippen LogP contribution in [0, 0.1) is 24.2 Å². The molecule has 1 unspecified atom stereocenters. The molecule has 0 aliphatic heterocycles. The zero-order chi connectivity index (χ0) is 21.0. The van der Waals surface area contributed by atoms with E-state index in [4.69, 9.17) is 6.42 Å². The number of rotatable bonds is 13. The van der Waals surface area contributed by atoms with Crippen molar-refractivity contribution < 1.29 is 24.5 Å². The lowest BCUT2D eigenvalue weighted by atomic mass is 9.87. The van der Waals surface area contributed by atoms with E-state index in [0.717, 1.165) is 37.9 Å². The topological polar surface area (TPSA) is 83.8 Å². The van der Waals surface area contributed by atoms with Gasteiger partial charge in [-0.1, -0.05) is 37.8 Å². The van der Waals surface area contributed by atoms with Crippen LogP contribution in [-0.4, -0.2) is 52.3 Å². The molecule has 1 rings (SSSR count). The van der Waals surface area contributed by atoms with Crippen LogP contribution >= 0.6 is 11.8 Å². The largest absolute Gasteiger partial charge is 0.468 e. The Morgan fingerprint density at radius 3 is 2.82 bits per heavy atom. The van der Waals surface area contributed by atoms with Crippen molar-refractivity contribution in [2.24, 2.45) is 11.8 Å². The third-order valence-corrected chi connectivity index (χ3v) is 6.28. The molecule has 0 spiro atoms. The van der Waals surface area contributed by atoms with Gasteiger partial charge in [0.15, 0.2) is 0 Å². The van der Waals surface area contributed by atoms with E-state index in [-0.39, 0.29) is 30.0 Å². The lowest BCUT2D eigenvalue weighted by Crippen LogP contribution is -2.25. The Hall–Kier alpha value is -1.29. The summed E-state index contributed by atoms with van der Waals surface area (Å²) in [4.78, 5) is 23.3. The van der Waals surface area contributed by atoms with Crippen LogP contribution in [0.3, 0.4) is 0 Å². The van der Waals surface area contributed by atoms with Gasteiger partial charge in [0.2, 0.25) is 0 Å². The molecule has 1 fully saturated rings. The third kappa shape index (κ3) is 8.38. The molecule has 5 nitrogen and oxygen atoms in total. The molecule has 28 heavy (non-hydrogen) atoms. The van der Waals surface area contributed by atoms with Crippen molar-refractivity contribution in [3.05, 3.63) is 12.2 Å². The standard InChI is InChI=1S/C22H34O5S/c1-4-6-12-22(26,5-2)13-9-11-18-17(19(23)15-20(18)24)10-7-8-14-28-16-21(25)27-3/h2,9,11,17-18,20,24,26H,4,6-8,10,12-16H2,1,3H3/t17-,18-,20-,22?/m1/s1. The molecule has 0 aromatic rings. The van der Waals surface area contributed by atoms with E-state index >= 15 is 0 Å². The Balaban J connectivity index is 2.49. The van der Waals surface area contributed by atoms with Gasteiger partial charge in [-0.3, -0.25) is 9.59 Å². The number of ether oxygens (including phenoxy) is 1. The van der Waals surface area contributed by atoms with Crippen molar-refractivity contribution >= 4 is 23.5 Å². The molecular formula is C22H34O5S. The number of methoxy groups -OCH3 is 1. The summed E-state index contributed by atoms with van der Waals surface area (Å²) in [5, 5.41) is 20.7. The summed E-state index contributed by atoms with van der Waals surface area (Å²) < 4.78 is 4.60. The Kier molecular flexibility index (Phi) is 11.5. The molecule has 0 aromatic carbocycles. The smallest absolute Gasteiger partial charge is 0.315 e. The van der Waals surface area contributed by atoms with Gasteiger partial charge in [-0.25, -0.2) is 0 Å². The van der Waals surface area contributed by atoms with Crippen LogP contribution in [0.4, 0.5) is 0 Å². The molecule has 4 atom stereocenters. The second-order valence-corrected chi connectivity index (χ2v) is 8.56. The molecule has 158 valence electrons. The fourth-order valence-electron chi connectivity index (χ4n) is 3.50. The van der Waals surface area contributed by atoms with Crippen LogP contribution in [0.1, 0.15) is 58.3 Å². The van der Waals surface area contributed by atoms with E-state index in [9.17, 15) is 19.8 Å². The minimum Gasteiger partial charge on any atom is -0.468 e. The summed E-state index contributed by atoms with van der Waals surface area (Å²) in [6.07, 6.45) is 13.9. The molecular weight excluding hydrogens is 376 g/mol. The summed E-state index contributed by atoms with van der Waals surface area (Å²) in [7, 11) is 1.38. The van der Waals surface area contributed by atoms with Gasteiger partial charge in [-0.05, 0) is 31.4 Å². The maximum atomic E-state index is 12.3. The van der Waals surface area contributed by atoms with Crippen molar-refractivity contribution in [2.45, 2.75) is 70.0 Å². The fourth-order valence-corrected chi connectivity index (χ4v) is 4.33. The molecule has 6 heteroatoms. The number of carbonyl (C=O) groups excluding carboxylic acids is 2. The first kappa shape index (κ1) is 24.7. The number of unbranched alkanes of at least 4 members (excludes halogenated alkanes) is 2. The van der Waals surface area contributed by atoms with Crippen molar-refractivity contribution in [1.82, 2.24) is 0 Å². The molecule has 1 saturated carbocycles. The average Bonchev–Trinajstić information content (AvgIpc) is 2.95. The van der Waals surface area contributed by atoms with Crippen molar-refractivity contribution in [3.63, 3.8) is 0 Å². The maximum Gasteiger partial charge on any atom is 0.315 e. The first-order valence-corrected chi connectivity index (χ1v) is 11.2. The van der Waals surface area contributed by atoms with E-state index in [2.05, 4.69) is 10.7 Å². The lowest BCUT2D eigenvalue weighted by molar-refractivity contribution is -0.137. The van der Waals surface area contributed by atoms with Crippen LogP contribution in [0.15, 0.2) is 12.2 Å². The predicted octanol–water partition coefficient (Wildman–Crippen LogP) is 3.13. The maximum absolute atomic E-state index is 12.3. The van der Waals surface area contributed by atoms with Gasteiger partial charge in [0.05, 0.1) is 19.0 Å². The third-order valence-electron chi connectivity index (χ3n) is 5.26. The number of thioether (sulfide) groups is 1. The first-order chi connectivity index (χ1) is 13.4. The number of aliphatic hydroxyl groups is 2. The van der Waals surface area contributed by atoms with E-state index in [1.165, 1.54) is 18.9 Å². The lowest BCUT2D eigenvalue weighted by Gasteiger charge is -2.21. The van der Waals surface area contributed by atoms with Crippen molar-refractivity contribution in [3.8, 4) is 12.3 Å². The minimum atomic E-state index is -1.16. The number of carbonyl (C=O) groups is 2. The van der Waals surface area contributed by atoms with Crippen LogP contribution in [0.2, 0.25) is 0 Å². The highest BCUT2D eigenvalue weighted by Crippen LogP contribution is 2.34. The molecule has 0 bridgehead atoms. The normalized spacial score (nSPS) is 24.2. The number of esters is 1. The van der Waals surface area contributed by atoms with E-state index in [1.807, 2.05) is 19.1 Å². The van der Waals surface area contributed by atoms with Crippen LogP contribution in [0.5, 0.6) is 0 Å². The molecule has 0 aromatic heterocycles. The van der Waals surface area contributed by atoms with Gasteiger partial charge in [0.1, 0.15) is 11.4 Å². The highest BCUT2D eigenvalue weighted by atomic mass is 32.2. The second-order valence-electron chi connectivity index (χ2n) is 7.46. The SMILES string of the molecule is C#CC(O)(CC=C[C@H]1[C@H](O)CC(=O)[C@@H]1CCCCSCC(=O)OC)CCCC. The zero-order valence-electron chi connectivity index (χ0n) is 17.1. The van der Waals surface area contributed by atoms with Crippen LogP contribution < -0.4 is 0 Å². The van der Waals surface area contributed by atoms with E-state index in [1.54, 1.807) is 0 Å². The first-order valence-electron chi connectivity index (χ1n) is 10.1. The molecule has 0 amide bonds. The summed E-state index contributed by atoms with van der Waals surface area (Å²) in [6, 6.07) is 0. The van der Waals surface area contributed by atoms with Gasteiger partial charge < -0.3 is 14.9 Å². The van der Waals surface area contributed by atoms with Gasteiger partial charge >= 0.3 is 5.97 Å². The second kappa shape index (κ2) is 13.0. The van der Waals surface area contributed by atoms with Gasteiger partial charge in [0.25, 0.3) is 0 Å². The molecule has 1 aliphatic carbocycles. The summed E-state index contributed by atoms with van der Waals surface area (Å²) in [5.74, 6) is 3.13. The molecule has 0 saturated heterocycles. The van der Waals surface area contributed by atoms with Crippen molar-refractivity contribution in [1.29, 1.82) is 0 Å². The van der Waals surface area contributed by atoms with E-state index in [0.29, 0.717) is 18.6 Å². The van der Waals surface area contributed by atoms with Crippen LogP contribution in [-0.2, 0) is 14.3 Å². The number of hydrogen-bond donors (Lipinski definition) is 2. The fraction of sp³-hybridized carbons (Fsp3) is 0.727. The zero-order valence-corrected chi connectivity index (χ0v) is 17.9. The summed E-state index contributed by atoms with van der Waals surface area (Å²) in [6.45, 7) is 2.05. The minimum absolute atomic E-state index is 0.0996. The quantitative estimate of drug-likeness (QED) is 0.210. The predicted molar refractivity (Wildman–Crippen MR) is 113 cm³/mol. The highest BCUT2D eigenvalue weighted by molar-refractivity contribution is 7.99. The van der Waals surface area contributed by atoms with Crippen molar-refractivity contribution in [2.75, 3.05) is 18.6 Å². The molecule has 1 aliphatic rings. The van der Waals surface area contributed by atoms with Gasteiger partial charge in [-0.2, -0.15) is 11.8 Å². The average molecular weight is 411 g/mol. The van der Waals surface area contributed by atoms with E-state index < -0.39 is 11.7 Å². The Morgan fingerprint density at radius 1 is 1.43 bits per heavy atom. The van der Waals surface area contributed by atoms with Crippen LogP contribution in [0.25, 0.3) is 0 Å². The number of ketones is 1. The van der Waals surface area contributed by atoms with Gasteiger partial charge in [0, 0.05) is 24.7 Å². The Labute approximate surface area is 173 Å². The summed E-state index contributed by atoms with van der Waals surface area (Å²) in [5.41, 5.74) is -1.16. The summed E-state index contributed by atoms with van der Waals surface area (Å²) >= 11 is 1.53. The number of aliphatic hydroxyl groups excluding tert-OH is 1. The highest BCUT2D eigenvalue weighted by Gasteiger charge is 2.39. The molecule has 0 radical (unpaired) electrons. The number of terminal acetylenes is 1. The monoisotopic (exact) mass is 410 g/mol. The number of Topliss-reactive ketones (excluding diaryl/α,β-unsaturated/α-hetero) is 1. The Morgan fingerprint density at radius 2 is 2.18 bits per heavy atom. The molecule has 0 heterocycles. The Bertz CT molecular complexity index is 568. The number of hydrogen-bond acceptors (Lipinski definition) is 6. The van der Waals surface area contributed by atoms with Gasteiger partial charge in [-0.15, -0.1) is 6.42 Å². The molecule has 2 N–H and O–H groups in total.